The van der Waals surface area contributed by atoms with Crippen LogP contribution >= 0.6 is 0 Å². The molecule has 1 N–H and O–H groups in total. The number of benzene rings is 2. The summed E-state index contributed by atoms with van der Waals surface area (Å²) in [6, 6.07) is 20.3. The molecular formula is C22H17NO3. The average molecular weight is 343 g/mol. The van der Waals surface area contributed by atoms with Gasteiger partial charge in [0.05, 0.1) is 12.8 Å². The van der Waals surface area contributed by atoms with E-state index < -0.39 is 0 Å². The molecule has 4 nitrogen and oxygen atoms in total. The van der Waals surface area contributed by atoms with E-state index in [0.29, 0.717) is 12.3 Å². The van der Waals surface area contributed by atoms with Crippen LogP contribution in [0.2, 0.25) is 0 Å². The number of carbonyl (C=O) groups is 1. The Hall–Kier alpha value is -3.27. The Labute approximate surface area is 151 Å². The highest BCUT2D eigenvalue weighted by Crippen LogP contribution is 2.51. The van der Waals surface area contributed by atoms with Crippen molar-refractivity contribution in [2.45, 2.75) is 5.92 Å². The highest BCUT2D eigenvalue weighted by atomic mass is 16.5. The van der Waals surface area contributed by atoms with Crippen molar-refractivity contribution in [2.24, 2.45) is 0 Å². The summed E-state index contributed by atoms with van der Waals surface area (Å²) in [6.45, 7) is 0.544. The van der Waals surface area contributed by atoms with Crippen LogP contribution in [0.5, 0.6) is 5.75 Å². The largest absolute Gasteiger partial charge is 0.489 e. The van der Waals surface area contributed by atoms with Crippen molar-refractivity contribution in [2.75, 3.05) is 13.7 Å². The molecule has 26 heavy (non-hydrogen) atoms. The maximum absolute atomic E-state index is 12.1. The Kier molecular flexibility index (Phi) is 3.25. The smallest absolute Gasteiger partial charge is 0.354 e. The molecule has 2 heterocycles. The van der Waals surface area contributed by atoms with Crippen molar-refractivity contribution in [1.29, 1.82) is 0 Å². The van der Waals surface area contributed by atoms with Crippen molar-refractivity contribution >= 4 is 11.5 Å². The van der Waals surface area contributed by atoms with Crippen LogP contribution < -0.4 is 4.74 Å². The van der Waals surface area contributed by atoms with Crippen LogP contribution in [0.4, 0.5) is 0 Å². The van der Waals surface area contributed by atoms with E-state index in [1.165, 1.54) is 18.2 Å². The van der Waals surface area contributed by atoms with Gasteiger partial charge in [-0.2, -0.15) is 0 Å². The fraction of sp³-hybridized carbons (Fsp3) is 0.136. The van der Waals surface area contributed by atoms with Gasteiger partial charge in [-0.3, -0.25) is 0 Å². The Morgan fingerprint density at radius 2 is 1.88 bits per heavy atom. The van der Waals surface area contributed by atoms with Gasteiger partial charge in [0.1, 0.15) is 18.1 Å². The van der Waals surface area contributed by atoms with E-state index in [2.05, 4.69) is 23.2 Å². The molecule has 0 radical (unpaired) electrons. The van der Waals surface area contributed by atoms with Crippen molar-refractivity contribution in [3.63, 3.8) is 0 Å². The molecule has 0 saturated carbocycles. The Balaban J connectivity index is 1.76. The van der Waals surface area contributed by atoms with Crippen molar-refractivity contribution in [3.05, 3.63) is 94.3 Å². The maximum atomic E-state index is 12.1. The number of aromatic nitrogens is 1. The van der Waals surface area contributed by atoms with Crippen molar-refractivity contribution in [3.8, 4) is 5.75 Å². The number of ether oxygens (including phenoxy) is 2. The highest BCUT2D eigenvalue weighted by Gasteiger charge is 2.38. The summed E-state index contributed by atoms with van der Waals surface area (Å²) in [7, 11) is 1.40. The van der Waals surface area contributed by atoms with E-state index in [4.69, 9.17) is 9.47 Å². The molecular weight excluding hydrogens is 326 g/mol. The van der Waals surface area contributed by atoms with E-state index in [1.807, 2.05) is 42.5 Å². The van der Waals surface area contributed by atoms with Gasteiger partial charge in [-0.25, -0.2) is 4.79 Å². The molecule has 0 fully saturated rings. The minimum Gasteiger partial charge on any atom is -0.489 e. The molecule has 4 heteroatoms. The van der Waals surface area contributed by atoms with E-state index in [1.54, 1.807) is 0 Å². The summed E-state index contributed by atoms with van der Waals surface area (Å²) >= 11 is 0. The molecule has 128 valence electrons. The molecule has 3 aromatic rings. The number of aromatic amines is 1. The number of para-hydroxylation sites is 1. The number of nitrogens with one attached hydrogen (secondary N) is 1. The van der Waals surface area contributed by atoms with Crippen LogP contribution in [0.15, 0.2) is 66.2 Å². The third kappa shape index (κ3) is 2.05. The molecule has 2 aliphatic rings. The van der Waals surface area contributed by atoms with Crippen LogP contribution in [0.1, 0.15) is 38.8 Å². The van der Waals surface area contributed by atoms with E-state index in [-0.39, 0.29) is 11.9 Å². The predicted octanol–water partition coefficient (Wildman–Crippen LogP) is 4.14. The first-order valence-electron chi connectivity index (χ1n) is 8.59. The number of carbonyl (C=O) groups excluding carboxylic acids is 1. The van der Waals surface area contributed by atoms with Crippen LogP contribution in [0, 0.1) is 0 Å². The van der Waals surface area contributed by atoms with E-state index in [9.17, 15) is 4.79 Å². The normalized spacial score (nSPS) is 17.2. The Morgan fingerprint density at radius 3 is 2.69 bits per heavy atom. The third-order valence-electron chi connectivity index (χ3n) is 5.16. The minimum absolute atomic E-state index is 0.0733. The van der Waals surface area contributed by atoms with E-state index in [0.717, 1.165) is 28.1 Å². The Morgan fingerprint density at radius 1 is 1.12 bits per heavy atom. The second kappa shape index (κ2) is 5.63. The first-order chi connectivity index (χ1) is 12.8. The van der Waals surface area contributed by atoms with Crippen LogP contribution in [0.3, 0.4) is 0 Å². The SMILES string of the molecule is COC(=O)c1cc2c([nH]1)C1=C(COc3ccccc31)[C@H]2c1ccccc1. The fourth-order valence-electron chi connectivity index (χ4n) is 4.06. The van der Waals surface area contributed by atoms with Crippen LogP contribution in [-0.4, -0.2) is 24.7 Å². The molecule has 5 rings (SSSR count). The number of esters is 1. The number of rotatable bonds is 2. The molecule has 0 amide bonds. The number of fused-ring (bicyclic) bond motifs is 4. The first-order valence-corrected chi connectivity index (χ1v) is 8.59. The number of H-pyrrole nitrogens is 1. The topological polar surface area (TPSA) is 51.3 Å². The van der Waals surface area contributed by atoms with Gasteiger partial charge in [0.25, 0.3) is 0 Å². The molecule has 0 bridgehead atoms. The Bertz CT molecular complexity index is 1050. The van der Waals surface area contributed by atoms with Gasteiger partial charge in [0.2, 0.25) is 0 Å². The molecule has 0 saturated heterocycles. The second-order valence-corrected chi connectivity index (χ2v) is 6.53. The zero-order valence-electron chi connectivity index (χ0n) is 14.3. The standard InChI is InChI=1S/C22H17NO3/c1-25-22(24)17-11-15-19(13-7-3-2-4-8-13)16-12-26-18-10-6-5-9-14(18)20(16)21(15)23-17/h2-11,19,23H,12H2,1H3/t19-/m0/s1. The van der Waals surface area contributed by atoms with E-state index >= 15 is 0 Å². The highest BCUT2D eigenvalue weighted by molar-refractivity contribution is 5.95. The average Bonchev–Trinajstić information content (AvgIpc) is 3.24. The summed E-state index contributed by atoms with van der Waals surface area (Å²) in [5, 5.41) is 0. The minimum atomic E-state index is -0.353. The van der Waals surface area contributed by atoms with Gasteiger partial charge in [-0.15, -0.1) is 0 Å². The molecule has 1 atom stereocenters. The lowest BCUT2D eigenvalue weighted by Crippen LogP contribution is -2.14. The quantitative estimate of drug-likeness (QED) is 0.712. The lowest BCUT2D eigenvalue weighted by atomic mass is 9.88. The van der Waals surface area contributed by atoms with Crippen molar-refractivity contribution in [1.82, 2.24) is 4.98 Å². The summed E-state index contributed by atoms with van der Waals surface area (Å²) in [5.41, 5.74) is 7.20. The van der Waals surface area contributed by atoms with Crippen LogP contribution in [0.25, 0.3) is 5.57 Å². The molecule has 1 aliphatic heterocycles. The lowest BCUT2D eigenvalue weighted by Gasteiger charge is -2.23. The van der Waals surface area contributed by atoms with Gasteiger partial charge in [0.15, 0.2) is 0 Å². The summed E-state index contributed by atoms with van der Waals surface area (Å²) in [4.78, 5) is 15.4. The molecule has 1 aliphatic carbocycles. The summed E-state index contributed by atoms with van der Waals surface area (Å²) in [5.74, 6) is 0.595. The summed E-state index contributed by atoms with van der Waals surface area (Å²) in [6.07, 6.45) is 0. The maximum Gasteiger partial charge on any atom is 0.354 e. The monoisotopic (exact) mass is 343 g/mol. The van der Waals surface area contributed by atoms with Gasteiger partial charge < -0.3 is 14.5 Å². The molecule has 0 spiro atoms. The predicted molar refractivity (Wildman–Crippen MR) is 98.4 cm³/mol. The lowest BCUT2D eigenvalue weighted by molar-refractivity contribution is 0.0594. The van der Waals surface area contributed by atoms with Crippen molar-refractivity contribution < 1.29 is 14.3 Å². The second-order valence-electron chi connectivity index (χ2n) is 6.53. The van der Waals surface area contributed by atoms with Crippen LogP contribution in [-0.2, 0) is 4.74 Å². The van der Waals surface area contributed by atoms with Gasteiger partial charge in [-0.1, -0.05) is 48.5 Å². The zero-order chi connectivity index (χ0) is 17.7. The van der Waals surface area contributed by atoms with Gasteiger partial charge >= 0.3 is 5.97 Å². The summed E-state index contributed by atoms with van der Waals surface area (Å²) < 4.78 is 10.9. The zero-order valence-corrected chi connectivity index (χ0v) is 14.3. The molecule has 0 unspecified atom stereocenters. The molecule has 1 aromatic heterocycles. The third-order valence-corrected chi connectivity index (χ3v) is 5.16. The van der Waals surface area contributed by atoms with Gasteiger partial charge in [0, 0.05) is 17.1 Å². The van der Waals surface area contributed by atoms with Gasteiger partial charge in [-0.05, 0) is 28.8 Å². The molecule has 2 aromatic carbocycles. The fourth-order valence-corrected chi connectivity index (χ4v) is 4.06. The number of methoxy groups -OCH3 is 1. The number of hydrogen-bond donors (Lipinski definition) is 1. The number of hydrogen-bond acceptors (Lipinski definition) is 3. The first kappa shape index (κ1) is 15.0.